The van der Waals surface area contributed by atoms with E-state index in [1.807, 2.05) is 11.9 Å². The second kappa shape index (κ2) is 5.82. The van der Waals surface area contributed by atoms with Gasteiger partial charge in [0.05, 0.1) is 17.0 Å². The Kier molecular flexibility index (Phi) is 4.46. The molecule has 2 atom stereocenters. The van der Waals surface area contributed by atoms with Crippen LogP contribution in [0.1, 0.15) is 31.2 Å². The van der Waals surface area contributed by atoms with Crippen LogP contribution < -0.4 is 15.8 Å². The lowest BCUT2D eigenvalue weighted by atomic mass is 9.91. The van der Waals surface area contributed by atoms with Gasteiger partial charge >= 0.3 is 0 Å². The van der Waals surface area contributed by atoms with Crippen molar-refractivity contribution in [1.29, 1.82) is 0 Å². The smallest absolute Gasteiger partial charge is 0.238 e. The molecule has 0 bridgehead atoms. The Morgan fingerprint density at radius 2 is 1.90 bits per heavy atom. The first-order valence-corrected chi connectivity index (χ1v) is 8.60. The molecular weight excluding hydrogens is 290 g/mol. The fourth-order valence-corrected chi connectivity index (χ4v) is 3.91. The zero-order chi connectivity index (χ0) is 15.8. The molecule has 6 nitrogen and oxygen atoms in total. The number of benzene rings is 1. The van der Waals surface area contributed by atoms with Gasteiger partial charge in [-0.25, -0.2) is 13.6 Å². The lowest BCUT2D eigenvalue weighted by Gasteiger charge is -2.37. The summed E-state index contributed by atoms with van der Waals surface area (Å²) in [4.78, 5) is 1.96. The number of aliphatic hydroxyl groups excluding tert-OH is 1. The maximum atomic E-state index is 11.7. The lowest BCUT2D eigenvalue weighted by Crippen LogP contribution is -2.43. The molecule has 0 spiro atoms. The van der Waals surface area contributed by atoms with Gasteiger partial charge in [-0.05, 0) is 37.5 Å². The van der Waals surface area contributed by atoms with Crippen LogP contribution in [0.4, 0.5) is 11.4 Å². The molecule has 1 aromatic carbocycles. The van der Waals surface area contributed by atoms with Gasteiger partial charge in [-0.1, -0.05) is 12.8 Å². The van der Waals surface area contributed by atoms with Crippen LogP contribution >= 0.6 is 0 Å². The number of aliphatic hydroxyl groups is 1. The average Bonchev–Trinajstić information content (AvgIpc) is 2.39. The van der Waals surface area contributed by atoms with Crippen molar-refractivity contribution in [2.24, 2.45) is 5.14 Å². The second-order valence-electron chi connectivity index (χ2n) is 5.74. The van der Waals surface area contributed by atoms with E-state index in [1.54, 1.807) is 13.0 Å². The Bertz CT molecular complexity index is 631. The Balaban J connectivity index is 2.46. The van der Waals surface area contributed by atoms with E-state index in [2.05, 4.69) is 0 Å². The summed E-state index contributed by atoms with van der Waals surface area (Å²) in [5.74, 6) is 0. The molecule has 0 radical (unpaired) electrons. The van der Waals surface area contributed by atoms with Crippen molar-refractivity contribution >= 4 is 21.4 Å². The molecule has 1 saturated carbocycles. The number of likely N-dealkylation sites (N-methyl/N-ethyl adjacent to an activating group) is 1. The number of rotatable bonds is 3. The van der Waals surface area contributed by atoms with Gasteiger partial charge in [0.1, 0.15) is 0 Å². The van der Waals surface area contributed by atoms with Crippen molar-refractivity contribution in [3.8, 4) is 0 Å². The highest BCUT2D eigenvalue weighted by molar-refractivity contribution is 7.89. The van der Waals surface area contributed by atoms with Gasteiger partial charge in [-0.2, -0.15) is 0 Å². The maximum Gasteiger partial charge on any atom is 0.238 e. The van der Waals surface area contributed by atoms with Crippen LogP contribution in [-0.2, 0) is 10.0 Å². The minimum Gasteiger partial charge on any atom is -0.399 e. The zero-order valence-electron chi connectivity index (χ0n) is 12.4. The fourth-order valence-electron chi connectivity index (χ4n) is 3.08. The number of sulfonamides is 1. The molecule has 0 amide bonds. The SMILES string of the molecule is Cc1c(N(C)C2CCCCC2O)cc(N)cc1S(N)(=O)=O. The summed E-state index contributed by atoms with van der Waals surface area (Å²) in [5.41, 5.74) is 7.42. The molecule has 0 aliphatic heterocycles. The van der Waals surface area contributed by atoms with E-state index >= 15 is 0 Å². The summed E-state index contributed by atoms with van der Waals surface area (Å²) in [7, 11) is -1.97. The highest BCUT2D eigenvalue weighted by atomic mass is 32.2. The quantitative estimate of drug-likeness (QED) is 0.720. The van der Waals surface area contributed by atoms with E-state index in [4.69, 9.17) is 10.9 Å². The Morgan fingerprint density at radius 3 is 2.48 bits per heavy atom. The largest absolute Gasteiger partial charge is 0.399 e. The number of anilines is 2. The van der Waals surface area contributed by atoms with Crippen molar-refractivity contribution < 1.29 is 13.5 Å². The molecule has 1 aromatic rings. The molecule has 7 heteroatoms. The summed E-state index contributed by atoms with van der Waals surface area (Å²) in [5, 5.41) is 15.4. The summed E-state index contributed by atoms with van der Waals surface area (Å²) in [6.07, 6.45) is 3.29. The Morgan fingerprint density at radius 1 is 1.29 bits per heavy atom. The van der Waals surface area contributed by atoms with Gasteiger partial charge in [0.15, 0.2) is 0 Å². The second-order valence-corrected chi connectivity index (χ2v) is 7.27. The third-order valence-electron chi connectivity index (χ3n) is 4.23. The summed E-state index contributed by atoms with van der Waals surface area (Å²) >= 11 is 0. The van der Waals surface area contributed by atoms with E-state index < -0.39 is 16.1 Å². The molecule has 1 aliphatic rings. The van der Waals surface area contributed by atoms with Gasteiger partial charge in [-0.3, -0.25) is 0 Å². The highest BCUT2D eigenvalue weighted by Crippen LogP contribution is 2.33. The van der Waals surface area contributed by atoms with Crippen LogP contribution in [0.15, 0.2) is 17.0 Å². The number of nitrogens with two attached hydrogens (primary N) is 2. The fraction of sp³-hybridized carbons (Fsp3) is 0.571. The number of hydrogen-bond donors (Lipinski definition) is 3. The Hall–Kier alpha value is -1.31. The molecule has 21 heavy (non-hydrogen) atoms. The van der Waals surface area contributed by atoms with E-state index in [1.165, 1.54) is 6.07 Å². The third kappa shape index (κ3) is 3.30. The van der Waals surface area contributed by atoms with Gasteiger partial charge in [0, 0.05) is 18.4 Å². The van der Waals surface area contributed by atoms with Crippen molar-refractivity contribution in [2.75, 3.05) is 17.7 Å². The average molecular weight is 313 g/mol. The minimum atomic E-state index is -3.83. The van der Waals surface area contributed by atoms with E-state index in [-0.39, 0.29) is 10.9 Å². The van der Waals surface area contributed by atoms with E-state index in [0.29, 0.717) is 16.9 Å². The van der Waals surface area contributed by atoms with Gasteiger partial charge < -0.3 is 15.7 Å². The van der Waals surface area contributed by atoms with Gasteiger partial charge in [-0.15, -0.1) is 0 Å². The van der Waals surface area contributed by atoms with Crippen LogP contribution in [-0.4, -0.2) is 32.7 Å². The molecule has 2 rings (SSSR count). The van der Waals surface area contributed by atoms with Crippen LogP contribution in [0.25, 0.3) is 0 Å². The predicted octanol–water partition coefficient (Wildman–Crippen LogP) is 0.964. The first kappa shape index (κ1) is 16.1. The topological polar surface area (TPSA) is 110 Å². The normalized spacial score (nSPS) is 23.0. The molecule has 0 aromatic heterocycles. The molecule has 1 aliphatic carbocycles. The molecule has 2 unspecified atom stereocenters. The van der Waals surface area contributed by atoms with Crippen LogP contribution in [0, 0.1) is 6.92 Å². The predicted molar refractivity (Wildman–Crippen MR) is 83.6 cm³/mol. The maximum absolute atomic E-state index is 11.7. The zero-order valence-corrected chi connectivity index (χ0v) is 13.2. The minimum absolute atomic E-state index is 0.0346. The number of nitrogen functional groups attached to an aromatic ring is 1. The molecule has 1 fully saturated rings. The molecule has 5 N–H and O–H groups in total. The number of hydrogen-bond acceptors (Lipinski definition) is 5. The molecule has 0 heterocycles. The summed E-state index contributed by atoms with van der Waals surface area (Å²) in [6, 6.07) is 3.07. The molecular formula is C14H23N3O3S. The standard InChI is InChI=1S/C14H23N3O3S/c1-9-12(7-10(15)8-14(9)21(16,19)20)17(2)11-5-3-4-6-13(11)18/h7-8,11,13,18H,3-6,15H2,1-2H3,(H2,16,19,20). The van der Waals surface area contributed by atoms with Gasteiger partial charge in [0.25, 0.3) is 0 Å². The first-order chi connectivity index (χ1) is 9.71. The number of nitrogens with zero attached hydrogens (tertiary/aromatic N) is 1. The first-order valence-electron chi connectivity index (χ1n) is 7.05. The van der Waals surface area contributed by atoms with Gasteiger partial charge in [0.2, 0.25) is 10.0 Å². The van der Waals surface area contributed by atoms with E-state index in [0.717, 1.165) is 25.7 Å². The summed E-state index contributed by atoms with van der Waals surface area (Å²) in [6.45, 7) is 1.71. The summed E-state index contributed by atoms with van der Waals surface area (Å²) < 4.78 is 23.4. The molecule has 118 valence electrons. The van der Waals surface area contributed by atoms with Crippen molar-refractivity contribution in [1.82, 2.24) is 0 Å². The Labute approximate surface area is 125 Å². The van der Waals surface area contributed by atoms with E-state index in [9.17, 15) is 13.5 Å². The number of primary sulfonamides is 1. The highest BCUT2D eigenvalue weighted by Gasteiger charge is 2.28. The van der Waals surface area contributed by atoms with Crippen molar-refractivity contribution in [3.05, 3.63) is 17.7 Å². The third-order valence-corrected chi connectivity index (χ3v) is 5.27. The monoisotopic (exact) mass is 313 g/mol. The van der Waals surface area contributed by atoms with Crippen molar-refractivity contribution in [3.63, 3.8) is 0 Å². The molecule has 0 saturated heterocycles. The lowest BCUT2D eigenvalue weighted by molar-refractivity contribution is 0.106. The van der Waals surface area contributed by atoms with Crippen LogP contribution in [0.5, 0.6) is 0 Å². The van der Waals surface area contributed by atoms with Crippen LogP contribution in [0.2, 0.25) is 0 Å². The van der Waals surface area contributed by atoms with Crippen LogP contribution in [0.3, 0.4) is 0 Å². The van der Waals surface area contributed by atoms with Crippen molar-refractivity contribution in [2.45, 2.75) is 49.6 Å².